The molecule has 0 aliphatic carbocycles. The smallest absolute Gasteiger partial charge is 0.229 e. The molecule has 1 aliphatic heterocycles. The van der Waals surface area contributed by atoms with E-state index in [-0.39, 0.29) is 13.6 Å². The van der Waals surface area contributed by atoms with E-state index in [4.69, 9.17) is 14.7 Å². The first-order chi connectivity index (χ1) is 16.3. The molecule has 7 heteroatoms. The molecule has 0 unspecified atom stereocenters. The van der Waals surface area contributed by atoms with E-state index in [0.717, 1.165) is 42.9 Å². The van der Waals surface area contributed by atoms with Crippen LogP contribution in [0, 0.1) is 6.92 Å². The van der Waals surface area contributed by atoms with Crippen LogP contribution in [0.25, 0.3) is 0 Å². The van der Waals surface area contributed by atoms with Crippen molar-refractivity contribution in [3.63, 3.8) is 0 Å². The molecule has 0 amide bonds. The average molecular weight is 463 g/mol. The highest BCUT2D eigenvalue weighted by atomic mass is 16.5. The summed E-state index contributed by atoms with van der Waals surface area (Å²) >= 11 is 0. The van der Waals surface area contributed by atoms with Gasteiger partial charge in [-0.25, -0.2) is 0 Å². The third-order valence-corrected chi connectivity index (χ3v) is 6.02. The Morgan fingerprint density at radius 2 is 1.71 bits per heavy atom. The minimum atomic E-state index is 0. The zero-order valence-electron chi connectivity index (χ0n) is 21.1. The minimum absolute atomic E-state index is 0. The van der Waals surface area contributed by atoms with Gasteiger partial charge in [-0.15, -0.1) is 0 Å². The summed E-state index contributed by atoms with van der Waals surface area (Å²) in [6.07, 6.45) is 0.290. The molecule has 1 saturated heterocycles. The maximum absolute atomic E-state index is 5.90. The Labute approximate surface area is 204 Å². The summed E-state index contributed by atoms with van der Waals surface area (Å²) in [5.41, 5.74) is 4.70. The molecule has 7 nitrogen and oxygen atoms in total. The third kappa shape index (κ3) is 5.78. The Morgan fingerprint density at radius 3 is 2.38 bits per heavy atom. The first kappa shape index (κ1) is 23.8. The van der Waals surface area contributed by atoms with Gasteiger partial charge in [-0.05, 0) is 44.0 Å². The number of benzene rings is 2. The second-order valence-electron chi connectivity index (χ2n) is 9.44. The van der Waals surface area contributed by atoms with Gasteiger partial charge in [0.1, 0.15) is 11.6 Å². The molecule has 182 valence electrons. The van der Waals surface area contributed by atoms with Gasteiger partial charge in [0.15, 0.2) is 0 Å². The van der Waals surface area contributed by atoms with E-state index in [1.807, 2.05) is 25.1 Å². The first-order valence-electron chi connectivity index (χ1n) is 11.9. The first-order valence-corrected chi connectivity index (χ1v) is 11.9. The predicted molar refractivity (Wildman–Crippen MR) is 144 cm³/mol. The molecule has 1 aromatic heterocycles. The van der Waals surface area contributed by atoms with E-state index in [1.165, 1.54) is 16.8 Å². The van der Waals surface area contributed by atoms with Crippen LogP contribution >= 0.6 is 0 Å². The fourth-order valence-electron chi connectivity index (χ4n) is 4.39. The van der Waals surface area contributed by atoms with Gasteiger partial charge in [0, 0.05) is 59.6 Å². The summed E-state index contributed by atoms with van der Waals surface area (Å²) in [5.74, 6) is 2.37. The van der Waals surface area contributed by atoms with Crippen LogP contribution in [0.5, 0.6) is 0 Å². The van der Waals surface area contributed by atoms with Crippen molar-refractivity contribution in [3.05, 3.63) is 65.7 Å². The minimum Gasteiger partial charge on any atom is -0.372 e. The number of morpholine rings is 1. The Kier molecular flexibility index (Phi) is 7.22. The number of hydrogen-bond acceptors (Lipinski definition) is 7. The molecule has 1 aliphatic rings. The van der Waals surface area contributed by atoms with Crippen LogP contribution in [0.1, 0.15) is 26.4 Å². The number of nitrogens with zero attached hydrogens (tertiary/aromatic N) is 5. The number of anilines is 5. The predicted octanol–water partition coefficient (Wildman–Crippen LogP) is 5.09. The zero-order chi connectivity index (χ0) is 24.2. The maximum Gasteiger partial charge on any atom is 0.229 e. The summed E-state index contributed by atoms with van der Waals surface area (Å²) < 4.78 is 5.90. The van der Waals surface area contributed by atoms with Crippen molar-refractivity contribution >= 4 is 29.0 Å². The number of ether oxygens (including phenoxy) is 1. The SMILES string of the molecule is Cc1ccc(Nc2cc(N(C)C)nc(N3C[C@@H](C)O[C@@H](C)C3)n2)cc1N(C)Cc1ccccc1.[HH]. The molecule has 34 heavy (non-hydrogen) atoms. The van der Waals surface area contributed by atoms with Gasteiger partial charge in [-0.1, -0.05) is 36.4 Å². The van der Waals surface area contributed by atoms with Gasteiger partial charge in [-0.3, -0.25) is 0 Å². The normalized spacial score (nSPS) is 18.0. The van der Waals surface area contributed by atoms with Crippen molar-refractivity contribution in [2.45, 2.75) is 39.5 Å². The van der Waals surface area contributed by atoms with Crippen LogP contribution in [0.3, 0.4) is 0 Å². The third-order valence-electron chi connectivity index (χ3n) is 6.02. The molecule has 1 fully saturated rings. The Morgan fingerprint density at radius 1 is 1.00 bits per heavy atom. The fourth-order valence-corrected chi connectivity index (χ4v) is 4.39. The fraction of sp³-hybridized carbons (Fsp3) is 0.407. The molecular formula is C27H38N6O. The van der Waals surface area contributed by atoms with E-state index in [1.54, 1.807) is 0 Å². The van der Waals surface area contributed by atoms with Crippen LogP contribution in [-0.2, 0) is 11.3 Å². The molecule has 4 rings (SSSR count). The second kappa shape index (κ2) is 10.3. The number of aromatic nitrogens is 2. The quantitative estimate of drug-likeness (QED) is 0.525. The van der Waals surface area contributed by atoms with Crippen LogP contribution in [0.4, 0.5) is 29.0 Å². The highest BCUT2D eigenvalue weighted by molar-refractivity contribution is 5.68. The zero-order valence-corrected chi connectivity index (χ0v) is 21.1. The average Bonchev–Trinajstić information content (AvgIpc) is 2.80. The molecule has 0 radical (unpaired) electrons. The Balaban J connectivity index is 0.00000342. The van der Waals surface area contributed by atoms with Gasteiger partial charge < -0.3 is 24.8 Å². The van der Waals surface area contributed by atoms with Crippen LogP contribution in [-0.4, -0.2) is 56.4 Å². The van der Waals surface area contributed by atoms with Crippen molar-refractivity contribution in [1.82, 2.24) is 9.97 Å². The summed E-state index contributed by atoms with van der Waals surface area (Å²) in [6.45, 7) is 8.74. The highest BCUT2D eigenvalue weighted by Gasteiger charge is 2.25. The van der Waals surface area contributed by atoms with Gasteiger partial charge in [0.25, 0.3) is 0 Å². The second-order valence-corrected chi connectivity index (χ2v) is 9.44. The lowest BCUT2D eigenvalue weighted by Gasteiger charge is -2.35. The van der Waals surface area contributed by atoms with Gasteiger partial charge in [0.05, 0.1) is 12.2 Å². The van der Waals surface area contributed by atoms with Crippen molar-refractivity contribution in [1.29, 1.82) is 0 Å². The van der Waals surface area contributed by atoms with Crippen LogP contribution in [0.2, 0.25) is 0 Å². The lowest BCUT2D eigenvalue weighted by molar-refractivity contribution is -0.00570. The number of rotatable bonds is 7. The summed E-state index contributed by atoms with van der Waals surface area (Å²) in [6, 6.07) is 19.0. The van der Waals surface area contributed by atoms with Gasteiger partial charge in [-0.2, -0.15) is 9.97 Å². The lowest BCUT2D eigenvalue weighted by atomic mass is 10.1. The Hall–Kier alpha value is -3.32. The molecular weight excluding hydrogens is 424 g/mol. The number of hydrogen-bond donors (Lipinski definition) is 1. The monoisotopic (exact) mass is 462 g/mol. The Bertz CT molecular complexity index is 1100. The van der Waals surface area contributed by atoms with Gasteiger partial charge >= 0.3 is 0 Å². The van der Waals surface area contributed by atoms with Crippen LogP contribution < -0.4 is 20.0 Å². The van der Waals surface area contributed by atoms with E-state index in [2.05, 4.69) is 91.5 Å². The van der Waals surface area contributed by atoms with E-state index in [0.29, 0.717) is 0 Å². The molecule has 0 saturated carbocycles. The van der Waals surface area contributed by atoms with Gasteiger partial charge in [0.2, 0.25) is 5.95 Å². The van der Waals surface area contributed by atoms with E-state index in [9.17, 15) is 0 Å². The molecule has 3 aromatic rings. The number of aryl methyl sites for hydroxylation is 1. The summed E-state index contributed by atoms with van der Waals surface area (Å²) in [5, 5.41) is 3.53. The van der Waals surface area contributed by atoms with E-state index < -0.39 is 0 Å². The number of nitrogens with one attached hydrogen (secondary N) is 1. The maximum atomic E-state index is 5.90. The molecule has 2 aromatic carbocycles. The summed E-state index contributed by atoms with van der Waals surface area (Å²) in [7, 11) is 6.14. The molecule has 0 bridgehead atoms. The lowest BCUT2D eigenvalue weighted by Crippen LogP contribution is -2.46. The standard InChI is InChI=1S/C27H36N6O.H2/c1-19-12-13-23(14-24(19)32(6)18-22-10-8-7-9-11-22)28-25-15-26(31(4)5)30-27(29-25)33-16-20(2)34-21(3)17-33;/h7-15,20-21H,16-18H2,1-6H3,(H,28,29,30);1H/t20-,21+;. The molecule has 0 spiro atoms. The molecule has 2 heterocycles. The van der Waals surface area contributed by atoms with Crippen molar-refractivity contribution < 1.29 is 6.16 Å². The molecule has 2 atom stereocenters. The van der Waals surface area contributed by atoms with E-state index >= 15 is 0 Å². The van der Waals surface area contributed by atoms with Crippen molar-refractivity contribution in [2.24, 2.45) is 0 Å². The summed E-state index contributed by atoms with van der Waals surface area (Å²) in [4.78, 5) is 16.2. The largest absolute Gasteiger partial charge is 0.372 e. The highest BCUT2D eigenvalue weighted by Crippen LogP contribution is 2.28. The van der Waals surface area contributed by atoms with Crippen molar-refractivity contribution in [2.75, 3.05) is 54.2 Å². The van der Waals surface area contributed by atoms with Crippen molar-refractivity contribution in [3.8, 4) is 0 Å². The topological polar surface area (TPSA) is 56.8 Å². The van der Waals surface area contributed by atoms with Crippen LogP contribution in [0.15, 0.2) is 54.6 Å². The molecule has 1 N–H and O–H groups in total.